The van der Waals surface area contributed by atoms with Crippen molar-refractivity contribution in [1.82, 2.24) is 9.80 Å². The largest absolute Gasteiger partial charge is 0.330 e. The van der Waals surface area contributed by atoms with E-state index >= 15 is 0 Å². The molecule has 5 rings (SSSR count). The lowest BCUT2D eigenvalue weighted by atomic mass is 9.93. The van der Waals surface area contributed by atoms with Crippen molar-refractivity contribution in [2.75, 3.05) is 19.6 Å². The number of fused-ring (bicyclic) bond motifs is 2. The van der Waals surface area contributed by atoms with Gasteiger partial charge in [0.25, 0.3) is 5.91 Å². The quantitative estimate of drug-likeness (QED) is 0.323. The number of carbonyl (C=O) groups is 2. The molecule has 35 heavy (non-hydrogen) atoms. The summed E-state index contributed by atoms with van der Waals surface area (Å²) in [6.45, 7) is 4.53. The Hall–Kier alpha value is -3.77. The minimum Gasteiger partial charge on any atom is -0.330 e. The third-order valence-electron chi connectivity index (χ3n) is 6.43. The minimum atomic E-state index is -0.314. The zero-order valence-corrected chi connectivity index (χ0v) is 20.0. The summed E-state index contributed by atoms with van der Waals surface area (Å²) in [5.74, 6) is -0.672. The number of nitrogens with zero attached hydrogens (tertiary/aromatic N) is 2. The highest BCUT2D eigenvalue weighted by Crippen LogP contribution is 2.38. The Labute approximate surface area is 207 Å². The topological polar surface area (TPSA) is 40.6 Å². The number of hydrogen-bond acceptors (Lipinski definition) is 3. The summed E-state index contributed by atoms with van der Waals surface area (Å²) in [6.07, 6.45) is 2.40. The summed E-state index contributed by atoms with van der Waals surface area (Å²) in [6, 6.07) is 21.5. The first-order chi connectivity index (χ1) is 17.0. The van der Waals surface area contributed by atoms with Crippen molar-refractivity contribution >= 4 is 33.9 Å². The van der Waals surface area contributed by atoms with Gasteiger partial charge in [0, 0.05) is 23.5 Å². The summed E-state index contributed by atoms with van der Waals surface area (Å²) in [5.41, 5.74) is 2.46. The molecule has 2 amide bonds. The predicted molar refractivity (Wildman–Crippen MR) is 138 cm³/mol. The summed E-state index contributed by atoms with van der Waals surface area (Å²) in [5, 5.41) is 4.06. The number of thiophene rings is 1. The number of hydrogen-bond donors (Lipinski definition) is 0. The first-order valence-electron chi connectivity index (χ1n) is 11.6. The minimum absolute atomic E-state index is 0.0607. The standard InChI is InChI=1S/C29H25FN2O2S/c1-2-15-31(29(34)23-8-7-20-5-3-4-6-22(20)18-23)19-27(33)32-16-13-26-25(14-17-35-26)28(32)21-9-11-24(30)12-10-21/h2-12,14,17-18,28H,1,13,15-16,19H2. The van der Waals surface area contributed by atoms with E-state index in [0.717, 1.165) is 28.3 Å². The van der Waals surface area contributed by atoms with Gasteiger partial charge >= 0.3 is 0 Å². The van der Waals surface area contributed by atoms with Gasteiger partial charge in [0.2, 0.25) is 5.91 Å². The van der Waals surface area contributed by atoms with Crippen LogP contribution in [0.5, 0.6) is 0 Å². The van der Waals surface area contributed by atoms with Crippen molar-refractivity contribution in [3.05, 3.63) is 118 Å². The molecule has 0 spiro atoms. The number of halogens is 1. The van der Waals surface area contributed by atoms with Crippen LogP contribution in [0.1, 0.15) is 32.4 Å². The second-order valence-corrected chi connectivity index (χ2v) is 9.63. The van der Waals surface area contributed by atoms with Crippen molar-refractivity contribution in [2.45, 2.75) is 12.5 Å². The summed E-state index contributed by atoms with van der Waals surface area (Å²) >= 11 is 1.68. The SMILES string of the molecule is C=CCN(CC(=O)N1CCc2sccc2C1c1ccc(F)cc1)C(=O)c1ccc2ccccc2c1. The zero-order valence-electron chi connectivity index (χ0n) is 19.2. The third kappa shape index (κ3) is 4.62. The van der Waals surface area contributed by atoms with Gasteiger partial charge in [-0.05, 0) is 64.0 Å². The average molecular weight is 485 g/mol. The smallest absolute Gasteiger partial charge is 0.254 e. The maximum atomic E-state index is 13.6. The molecule has 4 aromatic rings. The normalized spacial score (nSPS) is 15.0. The van der Waals surface area contributed by atoms with Crippen LogP contribution in [0.25, 0.3) is 10.8 Å². The van der Waals surface area contributed by atoms with Crippen LogP contribution < -0.4 is 0 Å². The monoisotopic (exact) mass is 484 g/mol. The molecule has 3 aromatic carbocycles. The van der Waals surface area contributed by atoms with Crippen LogP contribution in [-0.4, -0.2) is 41.2 Å². The molecule has 176 valence electrons. The van der Waals surface area contributed by atoms with Gasteiger partial charge < -0.3 is 9.80 Å². The molecule has 6 heteroatoms. The van der Waals surface area contributed by atoms with E-state index in [1.54, 1.807) is 35.6 Å². The Bertz CT molecular complexity index is 1400. The molecule has 1 aromatic heterocycles. The Morgan fingerprint density at radius 2 is 1.83 bits per heavy atom. The van der Waals surface area contributed by atoms with Crippen molar-refractivity contribution in [3.8, 4) is 0 Å². The Morgan fingerprint density at radius 3 is 2.60 bits per heavy atom. The van der Waals surface area contributed by atoms with Gasteiger partial charge in [-0.3, -0.25) is 9.59 Å². The van der Waals surface area contributed by atoms with Crippen LogP contribution >= 0.6 is 11.3 Å². The fourth-order valence-corrected chi connectivity index (χ4v) is 5.63. The van der Waals surface area contributed by atoms with Crippen LogP contribution in [-0.2, 0) is 11.2 Å². The molecule has 2 heterocycles. The first-order valence-corrected chi connectivity index (χ1v) is 12.4. The van der Waals surface area contributed by atoms with E-state index < -0.39 is 0 Å². The van der Waals surface area contributed by atoms with E-state index in [-0.39, 0.29) is 36.8 Å². The zero-order chi connectivity index (χ0) is 24.4. The number of benzene rings is 3. The summed E-state index contributed by atoms with van der Waals surface area (Å²) in [4.78, 5) is 31.6. The Morgan fingerprint density at radius 1 is 1.06 bits per heavy atom. The van der Waals surface area contributed by atoms with Crippen LogP contribution in [0.15, 0.2) is 90.8 Å². The molecule has 0 saturated heterocycles. The van der Waals surface area contributed by atoms with Gasteiger partial charge in [-0.15, -0.1) is 17.9 Å². The number of amides is 2. The molecule has 1 aliphatic rings. The first kappa shape index (κ1) is 23.0. The lowest BCUT2D eigenvalue weighted by Crippen LogP contribution is -2.46. The van der Waals surface area contributed by atoms with E-state index in [2.05, 4.69) is 6.58 Å². The van der Waals surface area contributed by atoms with Crippen LogP contribution in [0.3, 0.4) is 0 Å². The van der Waals surface area contributed by atoms with E-state index in [0.29, 0.717) is 12.1 Å². The van der Waals surface area contributed by atoms with Gasteiger partial charge in [0.15, 0.2) is 0 Å². The number of carbonyl (C=O) groups excluding carboxylic acids is 2. The molecular weight excluding hydrogens is 459 g/mol. The van der Waals surface area contributed by atoms with E-state index in [1.165, 1.54) is 21.9 Å². The molecule has 4 nitrogen and oxygen atoms in total. The second kappa shape index (κ2) is 9.84. The molecule has 1 aliphatic heterocycles. The fraction of sp³-hybridized carbons (Fsp3) is 0.172. The van der Waals surface area contributed by atoms with Gasteiger partial charge in [-0.1, -0.05) is 48.5 Å². The molecule has 1 unspecified atom stereocenters. The van der Waals surface area contributed by atoms with Crippen LogP contribution in [0.2, 0.25) is 0 Å². The van der Waals surface area contributed by atoms with Crippen LogP contribution in [0.4, 0.5) is 4.39 Å². The maximum absolute atomic E-state index is 13.6. The van der Waals surface area contributed by atoms with Crippen molar-refractivity contribution in [3.63, 3.8) is 0 Å². The second-order valence-electron chi connectivity index (χ2n) is 8.63. The maximum Gasteiger partial charge on any atom is 0.254 e. The third-order valence-corrected chi connectivity index (χ3v) is 7.43. The Balaban J connectivity index is 1.42. The molecule has 0 fully saturated rings. The molecule has 0 N–H and O–H groups in total. The lowest BCUT2D eigenvalue weighted by molar-refractivity contribution is -0.133. The molecule has 0 aliphatic carbocycles. The highest BCUT2D eigenvalue weighted by molar-refractivity contribution is 7.10. The van der Waals surface area contributed by atoms with Gasteiger partial charge in [-0.25, -0.2) is 4.39 Å². The fourth-order valence-electron chi connectivity index (χ4n) is 4.72. The number of rotatable bonds is 6. The van der Waals surface area contributed by atoms with Gasteiger partial charge in [0.1, 0.15) is 12.4 Å². The Kier molecular flexibility index (Phi) is 6.47. The van der Waals surface area contributed by atoms with Crippen molar-refractivity contribution < 1.29 is 14.0 Å². The lowest BCUT2D eigenvalue weighted by Gasteiger charge is -2.37. The molecule has 1 atom stereocenters. The van der Waals surface area contributed by atoms with Crippen molar-refractivity contribution in [2.24, 2.45) is 0 Å². The van der Waals surface area contributed by atoms with Gasteiger partial charge in [-0.2, -0.15) is 0 Å². The molecule has 0 bridgehead atoms. The van der Waals surface area contributed by atoms with E-state index in [1.807, 2.05) is 52.7 Å². The van der Waals surface area contributed by atoms with Crippen molar-refractivity contribution in [1.29, 1.82) is 0 Å². The summed E-state index contributed by atoms with van der Waals surface area (Å²) in [7, 11) is 0. The average Bonchev–Trinajstić information content (AvgIpc) is 3.37. The van der Waals surface area contributed by atoms with E-state index in [9.17, 15) is 14.0 Å². The van der Waals surface area contributed by atoms with Crippen LogP contribution in [0, 0.1) is 5.82 Å². The highest BCUT2D eigenvalue weighted by Gasteiger charge is 2.34. The summed E-state index contributed by atoms with van der Waals surface area (Å²) < 4.78 is 13.6. The predicted octanol–water partition coefficient (Wildman–Crippen LogP) is 5.84. The molecule has 0 radical (unpaired) electrons. The van der Waals surface area contributed by atoms with E-state index in [4.69, 9.17) is 0 Å². The molecule has 0 saturated carbocycles. The van der Waals surface area contributed by atoms with Gasteiger partial charge in [0.05, 0.1) is 6.04 Å². The molecular formula is C29H25FN2O2S. The highest BCUT2D eigenvalue weighted by atomic mass is 32.1.